The first-order chi connectivity index (χ1) is 14.5. The van der Waals surface area contributed by atoms with Crippen LogP contribution in [0.5, 0.6) is 0 Å². The number of halogens is 2. The Labute approximate surface area is 176 Å². The topological polar surface area (TPSA) is 59.8 Å². The zero-order valence-corrected chi connectivity index (χ0v) is 16.9. The van der Waals surface area contributed by atoms with Crippen LogP contribution in [0.3, 0.4) is 0 Å². The van der Waals surface area contributed by atoms with E-state index in [1.165, 1.54) is 30.0 Å². The number of hydrogen-bond acceptors (Lipinski definition) is 4. The number of anilines is 1. The first-order valence-corrected chi connectivity index (χ1v) is 10.2. The molecule has 4 aromatic rings. The van der Waals surface area contributed by atoms with Crippen LogP contribution < -0.4 is 5.32 Å². The van der Waals surface area contributed by atoms with Gasteiger partial charge in [0.1, 0.15) is 18.2 Å². The number of hydrogen-bond donors (Lipinski definition) is 1. The molecule has 0 aliphatic heterocycles. The maximum Gasteiger partial charge on any atom is 0.244 e. The highest BCUT2D eigenvalue weighted by Crippen LogP contribution is 2.26. The van der Waals surface area contributed by atoms with Crippen LogP contribution in [0.1, 0.15) is 11.1 Å². The van der Waals surface area contributed by atoms with Gasteiger partial charge >= 0.3 is 0 Å². The molecule has 2 aromatic carbocycles. The number of carbonyl (C=O) groups excluding carboxylic acids is 1. The summed E-state index contributed by atoms with van der Waals surface area (Å²) in [4.78, 5) is 21.4. The molecular formula is C22H18F2N4OS. The molecule has 1 amide bonds. The predicted molar refractivity (Wildman–Crippen MR) is 113 cm³/mol. The smallest absolute Gasteiger partial charge is 0.244 e. The van der Waals surface area contributed by atoms with E-state index in [1.807, 2.05) is 0 Å². The Kier molecular flexibility index (Phi) is 5.76. The van der Waals surface area contributed by atoms with Gasteiger partial charge in [-0.05, 0) is 48.4 Å². The van der Waals surface area contributed by atoms with Gasteiger partial charge in [-0.2, -0.15) is 0 Å². The molecule has 0 saturated heterocycles. The molecule has 0 atom stereocenters. The van der Waals surface area contributed by atoms with E-state index in [2.05, 4.69) is 15.3 Å². The normalized spacial score (nSPS) is 11.0. The minimum Gasteiger partial charge on any atom is -0.324 e. The third kappa shape index (κ3) is 4.49. The van der Waals surface area contributed by atoms with E-state index < -0.39 is 0 Å². The molecule has 0 fully saturated rings. The lowest BCUT2D eigenvalue weighted by atomic mass is 10.2. The molecule has 0 unspecified atom stereocenters. The summed E-state index contributed by atoms with van der Waals surface area (Å²) in [6, 6.07) is 12.6. The van der Waals surface area contributed by atoms with Crippen LogP contribution in [0.4, 0.5) is 14.5 Å². The van der Waals surface area contributed by atoms with Gasteiger partial charge in [-0.15, -0.1) is 0 Å². The quantitative estimate of drug-likeness (QED) is 0.445. The number of rotatable bonds is 6. The number of benzene rings is 2. The average molecular weight is 424 g/mol. The average Bonchev–Trinajstić information content (AvgIpc) is 3.08. The standard InChI is InChI=1S/C22H18F2N4OS/c1-14-2-7-17(10-18(14)24)26-21(29)12-28-20-11-25-9-8-19(20)27-22(28)30-13-15-3-5-16(23)6-4-15/h2-11H,12-13H2,1H3,(H,26,29). The maximum absolute atomic E-state index is 13.8. The summed E-state index contributed by atoms with van der Waals surface area (Å²) >= 11 is 1.45. The molecule has 1 N–H and O–H groups in total. The Hall–Kier alpha value is -3.26. The first-order valence-electron chi connectivity index (χ1n) is 9.23. The van der Waals surface area contributed by atoms with E-state index in [4.69, 9.17) is 0 Å². The van der Waals surface area contributed by atoms with Crippen LogP contribution in [-0.4, -0.2) is 20.4 Å². The number of pyridine rings is 1. The largest absolute Gasteiger partial charge is 0.324 e. The fraction of sp³-hybridized carbons (Fsp3) is 0.136. The lowest BCUT2D eigenvalue weighted by Crippen LogP contribution is -2.19. The SMILES string of the molecule is Cc1ccc(NC(=O)Cn2c(SCc3ccc(F)cc3)nc3ccncc32)cc1F. The van der Waals surface area contributed by atoms with Gasteiger partial charge < -0.3 is 9.88 Å². The fourth-order valence-corrected chi connectivity index (χ4v) is 3.92. The van der Waals surface area contributed by atoms with Crippen LogP contribution in [0.2, 0.25) is 0 Å². The highest BCUT2D eigenvalue weighted by Gasteiger charge is 2.15. The number of aryl methyl sites for hydroxylation is 1. The third-order valence-electron chi connectivity index (χ3n) is 4.55. The maximum atomic E-state index is 13.8. The molecule has 4 rings (SSSR count). The van der Waals surface area contributed by atoms with Crippen molar-refractivity contribution < 1.29 is 13.6 Å². The molecular weight excluding hydrogens is 406 g/mol. The number of thioether (sulfide) groups is 1. The van der Waals surface area contributed by atoms with Crippen molar-refractivity contribution >= 4 is 34.4 Å². The Balaban J connectivity index is 1.55. The molecule has 0 saturated carbocycles. The van der Waals surface area contributed by atoms with Crippen LogP contribution in [0.25, 0.3) is 11.0 Å². The van der Waals surface area contributed by atoms with Crippen molar-refractivity contribution in [2.24, 2.45) is 0 Å². The van der Waals surface area contributed by atoms with Crippen molar-refractivity contribution in [2.45, 2.75) is 24.4 Å². The number of aromatic nitrogens is 3. The first kappa shape index (κ1) is 20.0. The molecule has 0 radical (unpaired) electrons. The molecule has 2 aromatic heterocycles. The number of imidazole rings is 1. The molecule has 2 heterocycles. The monoisotopic (exact) mass is 424 g/mol. The number of nitrogens with one attached hydrogen (secondary N) is 1. The van der Waals surface area contributed by atoms with Crippen molar-refractivity contribution in [3.8, 4) is 0 Å². The van der Waals surface area contributed by atoms with E-state index in [0.29, 0.717) is 22.2 Å². The number of amides is 1. The molecule has 8 heteroatoms. The molecule has 30 heavy (non-hydrogen) atoms. The summed E-state index contributed by atoms with van der Waals surface area (Å²) in [6.07, 6.45) is 3.30. The van der Waals surface area contributed by atoms with Crippen LogP contribution >= 0.6 is 11.8 Å². The molecule has 0 spiro atoms. The van der Waals surface area contributed by atoms with Gasteiger partial charge in [-0.25, -0.2) is 13.8 Å². The third-order valence-corrected chi connectivity index (χ3v) is 5.60. The fourth-order valence-electron chi connectivity index (χ4n) is 2.95. The summed E-state index contributed by atoms with van der Waals surface area (Å²) in [5.74, 6) is -0.390. The summed E-state index contributed by atoms with van der Waals surface area (Å²) in [5, 5.41) is 3.37. The summed E-state index contributed by atoms with van der Waals surface area (Å²) in [6.45, 7) is 1.67. The van der Waals surface area contributed by atoms with Crippen molar-refractivity contribution in [2.75, 3.05) is 5.32 Å². The Morgan fingerprint density at radius 3 is 2.70 bits per heavy atom. The lowest BCUT2D eigenvalue weighted by Gasteiger charge is -2.10. The van der Waals surface area contributed by atoms with Gasteiger partial charge in [0.05, 0.1) is 17.2 Å². The second-order valence-electron chi connectivity index (χ2n) is 6.77. The number of nitrogens with zero attached hydrogens (tertiary/aromatic N) is 3. The minimum absolute atomic E-state index is 0.00341. The Morgan fingerprint density at radius 1 is 1.13 bits per heavy atom. The number of carbonyl (C=O) groups is 1. The minimum atomic E-state index is -0.374. The van der Waals surface area contributed by atoms with Crippen LogP contribution in [0, 0.1) is 18.6 Å². The Morgan fingerprint density at radius 2 is 1.93 bits per heavy atom. The second-order valence-corrected chi connectivity index (χ2v) is 7.71. The van der Waals surface area contributed by atoms with Gasteiger partial charge in [0, 0.05) is 17.6 Å². The van der Waals surface area contributed by atoms with Crippen LogP contribution in [0.15, 0.2) is 66.1 Å². The molecule has 5 nitrogen and oxygen atoms in total. The zero-order chi connectivity index (χ0) is 21.1. The molecule has 0 bridgehead atoms. The lowest BCUT2D eigenvalue weighted by molar-refractivity contribution is -0.116. The molecule has 152 valence electrons. The van der Waals surface area contributed by atoms with Crippen molar-refractivity contribution in [1.29, 1.82) is 0 Å². The van der Waals surface area contributed by atoms with Gasteiger partial charge in [-0.1, -0.05) is 30.0 Å². The van der Waals surface area contributed by atoms with E-state index in [0.717, 1.165) is 16.6 Å². The highest BCUT2D eigenvalue weighted by molar-refractivity contribution is 7.98. The summed E-state index contributed by atoms with van der Waals surface area (Å²) < 4.78 is 28.7. The van der Waals surface area contributed by atoms with E-state index in [9.17, 15) is 13.6 Å². The summed E-state index contributed by atoms with van der Waals surface area (Å²) in [5.41, 5.74) is 3.30. The molecule has 0 aliphatic carbocycles. The van der Waals surface area contributed by atoms with E-state index >= 15 is 0 Å². The van der Waals surface area contributed by atoms with Gasteiger partial charge in [0.15, 0.2) is 5.16 Å². The Bertz CT molecular complexity index is 1210. The van der Waals surface area contributed by atoms with E-state index in [-0.39, 0.29) is 24.1 Å². The van der Waals surface area contributed by atoms with Crippen molar-refractivity contribution in [3.05, 3.63) is 83.7 Å². The van der Waals surface area contributed by atoms with E-state index in [1.54, 1.807) is 54.2 Å². The van der Waals surface area contributed by atoms with Gasteiger partial charge in [-0.3, -0.25) is 9.78 Å². The predicted octanol–water partition coefficient (Wildman–Crippen LogP) is 4.95. The van der Waals surface area contributed by atoms with Crippen molar-refractivity contribution in [1.82, 2.24) is 14.5 Å². The second kappa shape index (κ2) is 8.62. The van der Waals surface area contributed by atoms with Gasteiger partial charge in [0.2, 0.25) is 5.91 Å². The van der Waals surface area contributed by atoms with Gasteiger partial charge in [0.25, 0.3) is 0 Å². The highest BCUT2D eigenvalue weighted by atomic mass is 32.2. The van der Waals surface area contributed by atoms with Crippen molar-refractivity contribution in [3.63, 3.8) is 0 Å². The number of fused-ring (bicyclic) bond motifs is 1. The van der Waals surface area contributed by atoms with Crippen LogP contribution in [-0.2, 0) is 17.1 Å². The zero-order valence-electron chi connectivity index (χ0n) is 16.1. The molecule has 0 aliphatic rings. The summed E-state index contributed by atoms with van der Waals surface area (Å²) in [7, 11) is 0.